The van der Waals surface area contributed by atoms with Crippen molar-refractivity contribution in [1.82, 2.24) is 4.90 Å². The van der Waals surface area contributed by atoms with Crippen LogP contribution < -0.4 is 0 Å². The number of hydrogen-bond acceptors (Lipinski definition) is 4. The largest absolute Gasteiger partial charge is 0.480 e. The van der Waals surface area contributed by atoms with E-state index in [9.17, 15) is 19.7 Å². The summed E-state index contributed by atoms with van der Waals surface area (Å²) in [4.78, 5) is 34.7. The first-order valence-corrected chi connectivity index (χ1v) is 6.04. The van der Waals surface area contributed by atoms with Crippen LogP contribution in [0.25, 0.3) is 0 Å². The van der Waals surface area contributed by atoms with Crippen molar-refractivity contribution in [1.29, 1.82) is 0 Å². The number of carbonyl (C=O) groups is 2. The van der Waals surface area contributed by atoms with Crippen LogP contribution in [-0.4, -0.2) is 39.9 Å². The molecule has 0 spiro atoms. The fourth-order valence-electron chi connectivity index (χ4n) is 1.93. The first-order valence-electron chi connectivity index (χ1n) is 6.04. The van der Waals surface area contributed by atoms with E-state index < -0.39 is 22.8 Å². The number of nitro benzene ring substituents is 1. The monoisotopic (exact) mass is 280 g/mol. The van der Waals surface area contributed by atoms with E-state index in [2.05, 4.69) is 0 Å². The van der Waals surface area contributed by atoms with Gasteiger partial charge in [-0.25, -0.2) is 4.79 Å². The van der Waals surface area contributed by atoms with E-state index in [0.717, 1.165) is 4.90 Å². The molecule has 1 rings (SSSR count). The molecule has 0 saturated carbocycles. The van der Waals surface area contributed by atoms with Gasteiger partial charge in [0, 0.05) is 13.1 Å². The lowest BCUT2D eigenvalue weighted by molar-refractivity contribution is -0.385. The molecule has 0 bridgehead atoms. The highest BCUT2D eigenvalue weighted by atomic mass is 16.6. The van der Waals surface area contributed by atoms with Gasteiger partial charge in [0.25, 0.3) is 11.6 Å². The molecule has 0 fully saturated rings. The number of benzene rings is 1. The molecule has 0 radical (unpaired) electrons. The number of carboxylic acids is 1. The quantitative estimate of drug-likeness (QED) is 0.655. The molecule has 1 atom stereocenters. The second-order valence-corrected chi connectivity index (χ2v) is 4.46. The molecule has 20 heavy (non-hydrogen) atoms. The number of amides is 1. The number of hydrogen-bond donors (Lipinski definition) is 1. The number of aliphatic carboxylic acids is 1. The molecular formula is C13H16N2O5. The summed E-state index contributed by atoms with van der Waals surface area (Å²) in [5, 5.41) is 20.0. The van der Waals surface area contributed by atoms with Gasteiger partial charge in [0.2, 0.25) is 0 Å². The van der Waals surface area contributed by atoms with Gasteiger partial charge in [0.1, 0.15) is 11.6 Å². The first-order chi connectivity index (χ1) is 9.29. The second-order valence-electron chi connectivity index (χ2n) is 4.46. The van der Waals surface area contributed by atoms with E-state index in [4.69, 9.17) is 5.11 Å². The third-order valence-corrected chi connectivity index (χ3v) is 3.04. The Morgan fingerprint density at radius 2 is 2.05 bits per heavy atom. The van der Waals surface area contributed by atoms with Gasteiger partial charge < -0.3 is 10.0 Å². The summed E-state index contributed by atoms with van der Waals surface area (Å²) in [6.45, 7) is 3.34. The lowest BCUT2D eigenvalue weighted by Gasteiger charge is -2.23. The Morgan fingerprint density at radius 3 is 2.50 bits per heavy atom. The van der Waals surface area contributed by atoms with Crippen LogP contribution in [0, 0.1) is 17.0 Å². The number of aryl methyl sites for hydroxylation is 1. The van der Waals surface area contributed by atoms with Gasteiger partial charge in [0.15, 0.2) is 0 Å². The molecule has 0 aliphatic rings. The highest BCUT2D eigenvalue weighted by Gasteiger charge is 2.29. The third kappa shape index (κ3) is 3.11. The average molecular weight is 280 g/mol. The molecule has 0 aliphatic heterocycles. The van der Waals surface area contributed by atoms with Crippen molar-refractivity contribution in [3.63, 3.8) is 0 Å². The van der Waals surface area contributed by atoms with E-state index in [0.29, 0.717) is 5.56 Å². The molecule has 0 aromatic heterocycles. The number of rotatable bonds is 5. The van der Waals surface area contributed by atoms with Crippen molar-refractivity contribution < 1.29 is 19.6 Å². The topological polar surface area (TPSA) is 101 Å². The summed E-state index contributed by atoms with van der Waals surface area (Å²) in [5.41, 5.74) is 0.264. The van der Waals surface area contributed by atoms with Gasteiger partial charge in [-0.3, -0.25) is 14.9 Å². The van der Waals surface area contributed by atoms with Crippen molar-refractivity contribution >= 4 is 17.6 Å². The van der Waals surface area contributed by atoms with Crippen LogP contribution in [0.15, 0.2) is 18.2 Å². The van der Waals surface area contributed by atoms with Crippen molar-refractivity contribution in [3.8, 4) is 0 Å². The molecule has 1 unspecified atom stereocenters. The predicted octanol–water partition coefficient (Wildman–Crippen LogP) is 1.84. The molecule has 1 amide bonds. The van der Waals surface area contributed by atoms with Crippen LogP contribution >= 0.6 is 0 Å². The summed E-state index contributed by atoms with van der Waals surface area (Å²) in [6.07, 6.45) is 0.219. The van der Waals surface area contributed by atoms with Gasteiger partial charge in [-0.15, -0.1) is 0 Å². The van der Waals surface area contributed by atoms with E-state index in [1.807, 2.05) is 0 Å². The maximum Gasteiger partial charge on any atom is 0.326 e. The molecule has 108 valence electrons. The number of carboxylic acid groups (broad SMARTS) is 1. The normalized spacial score (nSPS) is 11.8. The number of nitrogens with zero attached hydrogens (tertiary/aromatic N) is 2. The van der Waals surface area contributed by atoms with Crippen LogP contribution in [0.4, 0.5) is 5.69 Å². The fraction of sp³-hybridized carbons (Fsp3) is 0.385. The Morgan fingerprint density at radius 1 is 1.45 bits per heavy atom. The highest BCUT2D eigenvalue weighted by Crippen LogP contribution is 2.22. The van der Waals surface area contributed by atoms with Crippen LogP contribution in [0.3, 0.4) is 0 Å². The van der Waals surface area contributed by atoms with Gasteiger partial charge in [-0.05, 0) is 25.0 Å². The standard InChI is InChI=1S/C13H16N2O5/c1-4-10(13(17)18)14(3)12(16)9-7-8(2)5-6-11(9)15(19)20/h5-7,10H,4H2,1-3H3,(H,17,18). The van der Waals surface area contributed by atoms with Crippen LogP contribution in [0.5, 0.6) is 0 Å². The van der Waals surface area contributed by atoms with Crippen molar-refractivity contribution in [2.45, 2.75) is 26.3 Å². The first kappa shape index (κ1) is 15.6. The minimum absolute atomic E-state index is 0.0998. The van der Waals surface area contributed by atoms with E-state index in [-0.39, 0.29) is 17.7 Å². The zero-order valence-corrected chi connectivity index (χ0v) is 11.5. The van der Waals surface area contributed by atoms with Crippen LogP contribution in [0.1, 0.15) is 29.3 Å². The molecule has 1 aromatic carbocycles. The summed E-state index contributed by atoms with van der Waals surface area (Å²) in [7, 11) is 1.33. The number of carbonyl (C=O) groups excluding carboxylic acids is 1. The fourth-order valence-corrected chi connectivity index (χ4v) is 1.93. The summed E-state index contributed by atoms with van der Waals surface area (Å²) in [6, 6.07) is 3.16. The van der Waals surface area contributed by atoms with Crippen LogP contribution in [-0.2, 0) is 4.79 Å². The SMILES string of the molecule is CCC(C(=O)O)N(C)C(=O)c1cc(C)ccc1[N+](=O)[O-]. The lowest BCUT2D eigenvalue weighted by Crippen LogP contribution is -2.42. The van der Waals surface area contributed by atoms with Crippen molar-refractivity contribution in [3.05, 3.63) is 39.4 Å². The van der Waals surface area contributed by atoms with Crippen molar-refractivity contribution in [2.24, 2.45) is 0 Å². The summed E-state index contributed by atoms with van der Waals surface area (Å²) >= 11 is 0. The minimum atomic E-state index is -1.14. The maximum atomic E-state index is 12.3. The van der Waals surface area contributed by atoms with E-state index >= 15 is 0 Å². The summed E-state index contributed by atoms with van der Waals surface area (Å²) in [5.74, 6) is -1.81. The van der Waals surface area contributed by atoms with Gasteiger partial charge >= 0.3 is 5.97 Å². The molecule has 7 nitrogen and oxygen atoms in total. The molecule has 7 heteroatoms. The minimum Gasteiger partial charge on any atom is -0.480 e. The summed E-state index contributed by atoms with van der Waals surface area (Å²) < 4.78 is 0. The Hall–Kier alpha value is -2.44. The Bertz CT molecular complexity index is 556. The molecule has 1 N–H and O–H groups in total. The van der Waals surface area contributed by atoms with E-state index in [1.165, 1.54) is 25.2 Å². The molecule has 0 heterocycles. The zero-order valence-electron chi connectivity index (χ0n) is 11.5. The van der Waals surface area contributed by atoms with Crippen LogP contribution in [0.2, 0.25) is 0 Å². The smallest absolute Gasteiger partial charge is 0.326 e. The van der Waals surface area contributed by atoms with Gasteiger partial charge in [0.05, 0.1) is 4.92 Å². The molecule has 0 aliphatic carbocycles. The lowest BCUT2D eigenvalue weighted by atomic mass is 10.1. The molecular weight excluding hydrogens is 264 g/mol. The molecule has 1 aromatic rings. The molecule has 0 saturated heterocycles. The Labute approximate surface area is 116 Å². The Balaban J connectivity index is 3.23. The predicted molar refractivity (Wildman–Crippen MR) is 71.6 cm³/mol. The number of likely N-dealkylation sites (N-methyl/N-ethyl adjacent to an activating group) is 1. The van der Waals surface area contributed by atoms with E-state index in [1.54, 1.807) is 13.8 Å². The maximum absolute atomic E-state index is 12.3. The Kier molecular flexibility index (Phi) is 4.79. The van der Waals surface area contributed by atoms with Crippen molar-refractivity contribution in [2.75, 3.05) is 7.05 Å². The zero-order chi connectivity index (χ0) is 15.4. The average Bonchev–Trinajstić information content (AvgIpc) is 2.37. The second kappa shape index (κ2) is 6.14. The highest BCUT2D eigenvalue weighted by molar-refractivity contribution is 6.00. The van der Waals surface area contributed by atoms with Gasteiger partial charge in [-0.1, -0.05) is 13.0 Å². The third-order valence-electron chi connectivity index (χ3n) is 3.04. The van der Waals surface area contributed by atoms with Gasteiger partial charge in [-0.2, -0.15) is 0 Å². The number of nitro groups is 1.